The number of benzene rings is 1. The Morgan fingerprint density at radius 1 is 1.40 bits per heavy atom. The monoisotopic (exact) mass is 284 g/mol. The van der Waals surface area contributed by atoms with E-state index in [1.54, 1.807) is 0 Å². The van der Waals surface area contributed by atoms with Crippen LogP contribution < -0.4 is 5.32 Å². The van der Waals surface area contributed by atoms with E-state index >= 15 is 0 Å². The van der Waals surface area contributed by atoms with Crippen molar-refractivity contribution >= 4 is 5.69 Å². The fraction of sp³-hybridized carbons (Fsp3) is 0.571. The number of nitro benzene ring substituents is 1. The van der Waals surface area contributed by atoms with Crippen LogP contribution in [-0.2, 0) is 6.54 Å². The molecule has 1 aromatic carbocycles. The summed E-state index contributed by atoms with van der Waals surface area (Å²) >= 11 is 0. The third-order valence-electron chi connectivity index (χ3n) is 3.70. The largest absolute Gasteiger partial charge is 0.310 e. The molecule has 0 saturated heterocycles. The van der Waals surface area contributed by atoms with Gasteiger partial charge in [-0.05, 0) is 18.8 Å². The van der Waals surface area contributed by atoms with Crippen LogP contribution in [0.1, 0.15) is 38.2 Å². The molecule has 1 fully saturated rings. The third kappa shape index (κ3) is 3.72. The van der Waals surface area contributed by atoms with Gasteiger partial charge in [0.1, 0.15) is 5.82 Å². The second kappa shape index (κ2) is 6.26. The van der Waals surface area contributed by atoms with Gasteiger partial charge in [-0.25, -0.2) is 4.39 Å². The number of hydrogen-bond acceptors (Lipinski definition) is 3. The van der Waals surface area contributed by atoms with E-state index < -0.39 is 22.2 Å². The summed E-state index contributed by atoms with van der Waals surface area (Å²) in [6.07, 6.45) is 4.45. The molecule has 0 spiro atoms. The lowest BCUT2D eigenvalue weighted by Crippen LogP contribution is -2.28. The highest BCUT2D eigenvalue weighted by Gasteiger charge is 2.25. The standard InChI is InChI=1S/C14H18F2N2O2/c1-2-11(5-9-3-4-9)17-8-10-6-14(18(19)20)13(16)7-12(10)15/h6-7,9,11,17H,2-5,8H2,1H3. The molecule has 0 amide bonds. The van der Waals surface area contributed by atoms with Crippen LogP contribution in [0, 0.1) is 27.7 Å². The average molecular weight is 284 g/mol. The van der Waals surface area contributed by atoms with Crippen LogP contribution in [0.5, 0.6) is 0 Å². The second-order valence-electron chi connectivity index (χ2n) is 5.32. The molecule has 0 heterocycles. The van der Waals surface area contributed by atoms with Crippen molar-refractivity contribution in [2.45, 2.75) is 45.2 Å². The van der Waals surface area contributed by atoms with Crippen LogP contribution in [0.15, 0.2) is 12.1 Å². The van der Waals surface area contributed by atoms with Crippen molar-refractivity contribution in [3.05, 3.63) is 39.4 Å². The summed E-state index contributed by atoms with van der Waals surface area (Å²) in [6.45, 7) is 2.22. The molecule has 1 N–H and O–H groups in total. The van der Waals surface area contributed by atoms with Gasteiger partial charge in [0.25, 0.3) is 0 Å². The molecule has 1 aliphatic carbocycles. The highest BCUT2D eigenvalue weighted by atomic mass is 19.1. The van der Waals surface area contributed by atoms with Crippen molar-refractivity contribution < 1.29 is 13.7 Å². The van der Waals surface area contributed by atoms with Gasteiger partial charge in [0.2, 0.25) is 5.82 Å². The normalized spacial score (nSPS) is 16.1. The maximum atomic E-state index is 13.6. The van der Waals surface area contributed by atoms with Gasteiger partial charge >= 0.3 is 5.69 Å². The lowest BCUT2D eigenvalue weighted by Gasteiger charge is -2.16. The molecule has 20 heavy (non-hydrogen) atoms. The van der Waals surface area contributed by atoms with E-state index in [4.69, 9.17) is 0 Å². The number of nitrogens with zero attached hydrogens (tertiary/aromatic N) is 1. The number of halogens is 2. The van der Waals surface area contributed by atoms with Crippen LogP contribution in [0.3, 0.4) is 0 Å². The first kappa shape index (κ1) is 14.8. The fourth-order valence-corrected chi connectivity index (χ4v) is 2.26. The molecule has 2 rings (SSSR count). The molecule has 0 aromatic heterocycles. The summed E-state index contributed by atoms with van der Waals surface area (Å²) in [5.41, 5.74) is -0.550. The molecule has 1 unspecified atom stereocenters. The number of nitrogens with one attached hydrogen (secondary N) is 1. The molecule has 0 bridgehead atoms. The highest BCUT2D eigenvalue weighted by molar-refractivity contribution is 5.37. The van der Waals surface area contributed by atoms with E-state index in [1.807, 2.05) is 6.92 Å². The maximum Gasteiger partial charge on any atom is 0.305 e. The first-order valence-electron chi connectivity index (χ1n) is 6.87. The highest BCUT2D eigenvalue weighted by Crippen LogP contribution is 2.34. The minimum atomic E-state index is -1.14. The third-order valence-corrected chi connectivity index (χ3v) is 3.70. The molecule has 4 nitrogen and oxygen atoms in total. The van der Waals surface area contributed by atoms with Crippen LogP contribution in [0.25, 0.3) is 0 Å². The maximum absolute atomic E-state index is 13.6. The Hall–Kier alpha value is -1.56. The molecule has 1 aliphatic rings. The van der Waals surface area contributed by atoms with Gasteiger partial charge in [0.15, 0.2) is 0 Å². The van der Waals surface area contributed by atoms with Crippen molar-refractivity contribution in [1.29, 1.82) is 0 Å². The van der Waals surface area contributed by atoms with Crippen LogP contribution >= 0.6 is 0 Å². The average Bonchev–Trinajstić information content (AvgIpc) is 3.19. The van der Waals surface area contributed by atoms with Gasteiger partial charge in [0.05, 0.1) is 4.92 Å². The Labute approximate surface area is 116 Å². The Morgan fingerprint density at radius 2 is 2.10 bits per heavy atom. The SMILES string of the molecule is CCC(CC1CC1)NCc1cc([N+](=O)[O-])c(F)cc1F. The first-order chi connectivity index (χ1) is 9.51. The lowest BCUT2D eigenvalue weighted by molar-refractivity contribution is -0.387. The molecule has 1 atom stereocenters. The van der Waals surface area contributed by atoms with Crippen molar-refractivity contribution in [2.75, 3.05) is 0 Å². The fourth-order valence-electron chi connectivity index (χ4n) is 2.26. The van der Waals surface area contributed by atoms with E-state index in [0.29, 0.717) is 6.07 Å². The van der Waals surface area contributed by atoms with Gasteiger partial charge in [0, 0.05) is 30.3 Å². The summed E-state index contributed by atoms with van der Waals surface area (Å²) in [6, 6.07) is 1.82. The number of hydrogen-bond donors (Lipinski definition) is 1. The molecule has 110 valence electrons. The zero-order chi connectivity index (χ0) is 14.7. The molecule has 0 aliphatic heterocycles. The Kier molecular flexibility index (Phi) is 4.65. The first-order valence-corrected chi connectivity index (χ1v) is 6.87. The zero-order valence-electron chi connectivity index (χ0n) is 11.4. The Balaban J connectivity index is 2.03. The summed E-state index contributed by atoms with van der Waals surface area (Å²) in [5, 5.41) is 13.9. The summed E-state index contributed by atoms with van der Waals surface area (Å²) in [7, 11) is 0. The quantitative estimate of drug-likeness (QED) is 0.615. The molecular weight excluding hydrogens is 266 g/mol. The van der Waals surface area contributed by atoms with Crippen LogP contribution in [0.2, 0.25) is 0 Å². The summed E-state index contributed by atoms with van der Waals surface area (Å²) in [4.78, 5) is 9.82. The smallest absolute Gasteiger partial charge is 0.305 e. The van der Waals surface area contributed by atoms with Gasteiger partial charge in [-0.1, -0.05) is 19.8 Å². The van der Waals surface area contributed by atoms with Crippen LogP contribution in [-0.4, -0.2) is 11.0 Å². The van der Waals surface area contributed by atoms with E-state index in [9.17, 15) is 18.9 Å². The topological polar surface area (TPSA) is 55.2 Å². The predicted octanol–water partition coefficient (Wildman–Crippen LogP) is 3.54. The zero-order valence-corrected chi connectivity index (χ0v) is 11.4. The van der Waals surface area contributed by atoms with E-state index in [1.165, 1.54) is 12.8 Å². The molecule has 0 radical (unpaired) electrons. The number of rotatable bonds is 7. The van der Waals surface area contributed by atoms with Crippen molar-refractivity contribution in [1.82, 2.24) is 5.32 Å². The van der Waals surface area contributed by atoms with Crippen molar-refractivity contribution in [3.63, 3.8) is 0 Å². The Bertz CT molecular complexity index is 504. The lowest BCUT2D eigenvalue weighted by atomic mass is 10.1. The minimum Gasteiger partial charge on any atom is -0.310 e. The van der Waals surface area contributed by atoms with Crippen molar-refractivity contribution in [3.8, 4) is 0 Å². The predicted molar refractivity (Wildman–Crippen MR) is 71.3 cm³/mol. The summed E-state index contributed by atoms with van der Waals surface area (Å²) < 4.78 is 26.8. The van der Waals surface area contributed by atoms with E-state index in [-0.39, 0.29) is 18.2 Å². The molecule has 1 saturated carbocycles. The van der Waals surface area contributed by atoms with Gasteiger partial charge in [-0.15, -0.1) is 0 Å². The van der Waals surface area contributed by atoms with E-state index in [2.05, 4.69) is 5.32 Å². The number of nitro groups is 1. The minimum absolute atomic E-state index is 0.132. The van der Waals surface area contributed by atoms with Gasteiger partial charge in [-0.2, -0.15) is 4.39 Å². The molecule has 1 aromatic rings. The van der Waals surface area contributed by atoms with Crippen molar-refractivity contribution in [2.24, 2.45) is 5.92 Å². The van der Waals surface area contributed by atoms with Gasteiger partial charge in [-0.3, -0.25) is 10.1 Å². The second-order valence-corrected chi connectivity index (χ2v) is 5.32. The molecule has 6 heteroatoms. The summed E-state index contributed by atoms with van der Waals surface area (Å²) in [5.74, 6) is -1.14. The Morgan fingerprint density at radius 3 is 2.65 bits per heavy atom. The van der Waals surface area contributed by atoms with Gasteiger partial charge < -0.3 is 5.32 Å². The molecular formula is C14H18F2N2O2. The van der Waals surface area contributed by atoms with Crippen LogP contribution in [0.4, 0.5) is 14.5 Å². The van der Waals surface area contributed by atoms with E-state index in [0.717, 1.165) is 24.8 Å².